The molecule has 0 radical (unpaired) electrons. The van der Waals surface area contributed by atoms with Crippen LogP contribution in [-0.4, -0.2) is 36.6 Å². The lowest BCUT2D eigenvalue weighted by Crippen LogP contribution is -2.31. The number of esters is 1. The van der Waals surface area contributed by atoms with Crippen molar-refractivity contribution < 1.29 is 9.53 Å². The third kappa shape index (κ3) is 3.66. The largest absolute Gasteiger partial charge is 0.465 e. The van der Waals surface area contributed by atoms with Gasteiger partial charge in [0, 0.05) is 25.7 Å². The Kier molecular flexibility index (Phi) is 5.03. The summed E-state index contributed by atoms with van der Waals surface area (Å²) in [7, 11) is 3.22. The topological polar surface area (TPSA) is 68.5 Å². The van der Waals surface area contributed by atoms with Gasteiger partial charge < -0.3 is 15.4 Å². The van der Waals surface area contributed by atoms with Crippen LogP contribution in [0.1, 0.15) is 17.3 Å². The van der Waals surface area contributed by atoms with Crippen LogP contribution in [-0.2, 0) is 4.74 Å². The van der Waals surface area contributed by atoms with Gasteiger partial charge in [0.1, 0.15) is 5.82 Å². The van der Waals surface area contributed by atoms with E-state index < -0.39 is 0 Å². The van der Waals surface area contributed by atoms with Crippen LogP contribution in [0.2, 0.25) is 0 Å². The summed E-state index contributed by atoms with van der Waals surface area (Å²) in [5, 5.41) is 0. The first-order valence-corrected chi connectivity index (χ1v) is 5.91. The molecule has 0 aliphatic heterocycles. The molecule has 1 aromatic heterocycles. The monoisotopic (exact) mass is 267 g/mol. The van der Waals surface area contributed by atoms with Gasteiger partial charge in [0.25, 0.3) is 0 Å². The fraction of sp³-hybridized carbons (Fsp3) is 0.417. The smallest absolute Gasteiger partial charge is 0.338 e. The van der Waals surface area contributed by atoms with Crippen molar-refractivity contribution >= 4 is 29.0 Å². The summed E-state index contributed by atoms with van der Waals surface area (Å²) in [6.07, 6.45) is 1.57. The third-order valence-corrected chi connectivity index (χ3v) is 2.99. The van der Waals surface area contributed by atoms with Crippen LogP contribution in [0.15, 0.2) is 18.3 Å². The number of carbonyl (C=O) groups is 1. The number of nitrogens with zero attached hydrogens (tertiary/aromatic N) is 2. The number of ether oxygens (including phenoxy) is 1. The van der Waals surface area contributed by atoms with Gasteiger partial charge >= 0.3 is 5.97 Å². The molecular formula is C12H17N3O2S. The molecule has 1 atom stereocenters. The second-order valence-corrected chi connectivity index (χ2v) is 4.55. The van der Waals surface area contributed by atoms with Crippen LogP contribution >= 0.6 is 12.2 Å². The summed E-state index contributed by atoms with van der Waals surface area (Å²) in [5.74, 6) is 0.379. The molecule has 98 valence electrons. The molecule has 0 spiro atoms. The maximum atomic E-state index is 11.4. The number of thiocarbonyl (C=S) groups is 1. The van der Waals surface area contributed by atoms with Gasteiger partial charge in [-0.1, -0.05) is 19.1 Å². The molecule has 0 saturated carbocycles. The van der Waals surface area contributed by atoms with Gasteiger partial charge in [-0.15, -0.1) is 0 Å². The fourth-order valence-corrected chi connectivity index (χ4v) is 1.54. The molecule has 0 amide bonds. The highest BCUT2D eigenvalue weighted by Crippen LogP contribution is 2.13. The number of anilines is 1. The zero-order valence-electron chi connectivity index (χ0n) is 10.7. The summed E-state index contributed by atoms with van der Waals surface area (Å²) in [4.78, 5) is 18.0. The Morgan fingerprint density at radius 2 is 2.33 bits per heavy atom. The highest BCUT2D eigenvalue weighted by atomic mass is 32.1. The minimum atomic E-state index is -0.380. The predicted molar refractivity (Wildman–Crippen MR) is 74.8 cm³/mol. The van der Waals surface area contributed by atoms with Crippen molar-refractivity contribution in [1.29, 1.82) is 0 Å². The average molecular weight is 267 g/mol. The minimum Gasteiger partial charge on any atom is -0.465 e. The molecule has 6 heteroatoms. The number of rotatable bonds is 5. The Morgan fingerprint density at radius 1 is 1.67 bits per heavy atom. The Labute approximate surface area is 112 Å². The van der Waals surface area contributed by atoms with Crippen LogP contribution in [0.3, 0.4) is 0 Å². The van der Waals surface area contributed by atoms with E-state index in [0.29, 0.717) is 22.9 Å². The summed E-state index contributed by atoms with van der Waals surface area (Å²) in [5.41, 5.74) is 6.04. The number of nitrogens with two attached hydrogens (primary N) is 1. The second kappa shape index (κ2) is 6.30. The Bertz CT molecular complexity index is 451. The summed E-state index contributed by atoms with van der Waals surface area (Å²) in [6, 6.07) is 3.29. The molecule has 2 N–H and O–H groups in total. The molecule has 0 aliphatic rings. The Hall–Kier alpha value is -1.69. The summed E-state index contributed by atoms with van der Waals surface area (Å²) in [6.45, 7) is 2.59. The van der Waals surface area contributed by atoms with E-state index in [9.17, 15) is 4.79 Å². The van der Waals surface area contributed by atoms with E-state index in [1.54, 1.807) is 18.3 Å². The molecule has 1 unspecified atom stereocenters. The van der Waals surface area contributed by atoms with E-state index >= 15 is 0 Å². The number of hydrogen-bond acceptors (Lipinski definition) is 5. The molecule has 1 rings (SSSR count). The first-order chi connectivity index (χ1) is 8.45. The van der Waals surface area contributed by atoms with Crippen LogP contribution in [0, 0.1) is 5.92 Å². The zero-order chi connectivity index (χ0) is 13.7. The molecule has 0 fully saturated rings. The number of methoxy groups -OCH3 is 1. The summed E-state index contributed by atoms with van der Waals surface area (Å²) >= 11 is 4.93. The molecule has 18 heavy (non-hydrogen) atoms. The normalized spacial score (nSPS) is 11.7. The Balaban J connectivity index is 2.83. The quantitative estimate of drug-likeness (QED) is 0.639. The van der Waals surface area contributed by atoms with Gasteiger partial charge in [-0.25, -0.2) is 9.78 Å². The summed E-state index contributed by atoms with van der Waals surface area (Å²) < 4.78 is 4.66. The van der Waals surface area contributed by atoms with E-state index in [-0.39, 0.29) is 11.9 Å². The van der Waals surface area contributed by atoms with Gasteiger partial charge in [-0.05, 0) is 12.1 Å². The van der Waals surface area contributed by atoms with Crippen molar-refractivity contribution in [2.45, 2.75) is 6.92 Å². The maximum absolute atomic E-state index is 11.4. The van der Waals surface area contributed by atoms with Crippen molar-refractivity contribution in [3.05, 3.63) is 23.9 Å². The first-order valence-electron chi connectivity index (χ1n) is 5.50. The minimum absolute atomic E-state index is 0.0774. The van der Waals surface area contributed by atoms with E-state index in [1.807, 2.05) is 18.9 Å². The van der Waals surface area contributed by atoms with Gasteiger partial charge in [0.15, 0.2) is 0 Å². The van der Waals surface area contributed by atoms with E-state index in [2.05, 4.69) is 9.72 Å². The molecule has 0 bridgehead atoms. The first kappa shape index (κ1) is 14.4. The van der Waals surface area contributed by atoms with E-state index in [4.69, 9.17) is 18.0 Å². The van der Waals surface area contributed by atoms with Crippen molar-refractivity contribution in [2.75, 3.05) is 25.6 Å². The van der Waals surface area contributed by atoms with Gasteiger partial charge in [0.2, 0.25) is 0 Å². The fourth-order valence-electron chi connectivity index (χ4n) is 1.47. The van der Waals surface area contributed by atoms with E-state index in [1.165, 1.54) is 7.11 Å². The lowest BCUT2D eigenvalue weighted by atomic mass is 10.1. The lowest BCUT2D eigenvalue weighted by molar-refractivity contribution is 0.0600. The van der Waals surface area contributed by atoms with Crippen LogP contribution in [0.25, 0.3) is 0 Å². The molecule has 1 heterocycles. The molecule has 0 aliphatic carbocycles. The molecular weight excluding hydrogens is 250 g/mol. The van der Waals surface area contributed by atoms with Crippen molar-refractivity contribution in [1.82, 2.24) is 4.98 Å². The number of carbonyl (C=O) groups excluding carboxylic acids is 1. The van der Waals surface area contributed by atoms with E-state index in [0.717, 1.165) is 0 Å². The zero-order valence-corrected chi connectivity index (χ0v) is 11.5. The Morgan fingerprint density at radius 3 is 2.89 bits per heavy atom. The molecule has 0 saturated heterocycles. The lowest BCUT2D eigenvalue weighted by Gasteiger charge is -2.22. The van der Waals surface area contributed by atoms with Crippen molar-refractivity contribution in [3.8, 4) is 0 Å². The maximum Gasteiger partial charge on any atom is 0.338 e. The van der Waals surface area contributed by atoms with Gasteiger partial charge in [-0.3, -0.25) is 0 Å². The second-order valence-electron chi connectivity index (χ2n) is 4.08. The van der Waals surface area contributed by atoms with Gasteiger partial charge in [-0.2, -0.15) is 0 Å². The SMILES string of the molecule is COC(=O)c1ccnc(N(C)CC(C)C(N)=S)c1. The third-order valence-electron chi connectivity index (χ3n) is 2.59. The average Bonchev–Trinajstić information content (AvgIpc) is 2.37. The van der Waals surface area contributed by atoms with Crippen LogP contribution in [0.4, 0.5) is 5.82 Å². The van der Waals surface area contributed by atoms with Crippen LogP contribution in [0.5, 0.6) is 0 Å². The van der Waals surface area contributed by atoms with Crippen LogP contribution < -0.4 is 10.6 Å². The molecule has 0 aromatic carbocycles. The van der Waals surface area contributed by atoms with Crippen molar-refractivity contribution in [3.63, 3.8) is 0 Å². The van der Waals surface area contributed by atoms with Crippen molar-refractivity contribution in [2.24, 2.45) is 11.7 Å². The number of hydrogen-bond donors (Lipinski definition) is 1. The van der Waals surface area contributed by atoms with Gasteiger partial charge in [0.05, 0.1) is 17.7 Å². The highest BCUT2D eigenvalue weighted by Gasteiger charge is 2.12. The standard InChI is InChI=1S/C12H17N3O2S/c1-8(11(13)18)7-15(2)10-6-9(4-5-14-10)12(16)17-3/h4-6,8H,7H2,1-3H3,(H2,13,18). The molecule has 5 nitrogen and oxygen atoms in total. The molecule has 1 aromatic rings. The predicted octanol–water partition coefficient (Wildman–Crippen LogP) is 1.23. The number of aromatic nitrogens is 1. The highest BCUT2D eigenvalue weighted by molar-refractivity contribution is 7.80. The number of pyridine rings is 1.